The maximum atomic E-state index is 13.6. The second-order valence-corrected chi connectivity index (χ2v) is 7.67. The van der Waals surface area contributed by atoms with Gasteiger partial charge in [-0.15, -0.1) is 0 Å². The number of hydrogen-bond donors (Lipinski definition) is 2. The number of rotatable bonds is 5. The second kappa shape index (κ2) is 7.50. The van der Waals surface area contributed by atoms with Crippen LogP contribution in [0.1, 0.15) is 38.2 Å². The topological polar surface area (TPSA) is 78.5 Å². The van der Waals surface area contributed by atoms with Crippen molar-refractivity contribution >= 4 is 17.1 Å². The molecule has 0 aliphatic rings. The molecule has 2 aromatic carbocycles. The lowest BCUT2D eigenvalue weighted by atomic mass is 9.98. The summed E-state index contributed by atoms with van der Waals surface area (Å²) >= 11 is 0. The lowest BCUT2D eigenvalue weighted by molar-refractivity contribution is 0.0671. The average Bonchev–Trinajstić information content (AvgIpc) is 3.03. The normalized spacial score (nSPS) is 12.8. The van der Waals surface area contributed by atoms with E-state index >= 15 is 0 Å². The Morgan fingerprint density at radius 1 is 1.25 bits per heavy atom. The smallest absolute Gasteiger partial charge is 0.408 e. The van der Waals surface area contributed by atoms with E-state index in [2.05, 4.69) is 9.97 Å². The van der Waals surface area contributed by atoms with E-state index in [-0.39, 0.29) is 5.82 Å². The van der Waals surface area contributed by atoms with E-state index in [0.29, 0.717) is 23.3 Å². The number of ether oxygens (including phenoxy) is 1. The molecule has 3 aromatic rings. The van der Waals surface area contributed by atoms with Crippen LogP contribution in [0.25, 0.3) is 11.0 Å². The third kappa shape index (κ3) is 4.08. The van der Waals surface area contributed by atoms with E-state index in [1.54, 1.807) is 13.2 Å². The first-order chi connectivity index (χ1) is 13.2. The number of halogens is 1. The molecule has 148 valence electrons. The highest BCUT2D eigenvalue weighted by molar-refractivity contribution is 5.75. The van der Waals surface area contributed by atoms with Crippen molar-refractivity contribution in [2.45, 2.75) is 38.8 Å². The van der Waals surface area contributed by atoms with E-state index < -0.39 is 17.7 Å². The van der Waals surface area contributed by atoms with Gasteiger partial charge >= 0.3 is 6.09 Å². The van der Waals surface area contributed by atoms with Crippen LogP contribution in [-0.4, -0.2) is 38.7 Å². The van der Waals surface area contributed by atoms with Crippen LogP contribution in [-0.2, 0) is 6.42 Å². The highest BCUT2D eigenvalue weighted by Crippen LogP contribution is 2.32. The van der Waals surface area contributed by atoms with E-state index in [4.69, 9.17) is 4.74 Å². The number of H-pyrrole nitrogens is 1. The van der Waals surface area contributed by atoms with Crippen molar-refractivity contribution in [3.63, 3.8) is 0 Å². The molecular weight excluding hydrogens is 361 g/mol. The molecule has 0 aliphatic carbocycles. The van der Waals surface area contributed by atoms with E-state index in [1.165, 1.54) is 17.0 Å². The van der Waals surface area contributed by atoms with Gasteiger partial charge in [-0.1, -0.05) is 12.1 Å². The minimum Gasteiger partial charge on any atom is -0.497 e. The van der Waals surface area contributed by atoms with Crippen LogP contribution in [0.15, 0.2) is 42.5 Å². The number of carbonyl (C=O) groups is 1. The van der Waals surface area contributed by atoms with Crippen LogP contribution in [0.5, 0.6) is 5.75 Å². The van der Waals surface area contributed by atoms with Gasteiger partial charge in [0.1, 0.15) is 17.4 Å². The first-order valence-corrected chi connectivity index (χ1v) is 8.99. The lowest BCUT2D eigenvalue weighted by Crippen LogP contribution is -2.48. The number of hydrogen-bond acceptors (Lipinski definition) is 3. The Morgan fingerprint density at radius 2 is 1.93 bits per heavy atom. The molecule has 1 aromatic heterocycles. The molecule has 0 saturated heterocycles. The number of imidazole rings is 1. The summed E-state index contributed by atoms with van der Waals surface area (Å²) in [6.07, 6.45) is -0.631. The number of benzene rings is 2. The number of carboxylic acid groups (broad SMARTS) is 1. The number of aromatic nitrogens is 2. The third-order valence-electron chi connectivity index (χ3n) is 4.61. The molecule has 0 unspecified atom stereocenters. The Balaban J connectivity index is 2.07. The van der Waals surface area contributed by atoms with Crippen LogP contribution in [0.4, 0.5) is 9.18 Å². The van der Waals surface area contributed by atoms with Gasteiger partial charge in [0, 0.05) is 18.0 Å². The minimum absolute atomic E-state index is 0.386. The number of nitrogens with one attached hydrogen (secondary N) is 1. The SMILES string of the molecule is COc1ccc(C[C@H](c2nc3cc(F)ccc3[nH]2)N(C(=O)O)C(C)(C)C)cc1. The molecule has 7 heteroatoms. The molecule has 1 atom stereocenters. The van der Waals surface area contributed by atoms with Crippen LogP contribution in [0.2, 0.25) is 0 Å². The van der Waals surface area contributed by atoms with Gasteiger partial charge in [0.15, 0.2) is 0 Å². The zero-order valence-electron chi connectivity index (χ0n) is 16.4. The Labute approximate surface area is 163 Å². The quantitative estimate of drug-likeness (QED) is 0.663. The van der Waals surface area contributed by atoms with E-state index in [1.807, 2.05) is 45.0 Å². The predicted octanol–water partition coefficient (Wildman–Crippen LogP) is 4.77. The Hall–Kier alpha value is -3.09. The van der Waals surface area contributed by atoms with Crippen molar-refractivity contribution in [1.29, 1.82) is 0 Å². The maximum Gasteiger partial charge on any atom is 0.408 e. The van der Waals surface area contributed by atoms with Gasteiger partial charge in [-0.05, 0) is 50.6 Å². The van der Waals surface area contributed by atoms with Crippen LogP contribution in [0.3, 0.4) is 0 Å². The molecule has 0 bridgehead atoms. The third-order valence-corrected chi connectivity index (χ3v) is 4.61. The van der Waals surface area contributed by atoms with Crippen LogP contribution in [0, 0.1) is 5.82 Å². The predicted molar refractivity (Wildman–Crippen MR) is 105 cm³/mol. The van der Waals surface area contributed by atoms with E-state index in [9.17, 15) is 14.3 Å². The van der Waals surface area contributed by atoms with Crippen molar-refractivity contribution in [2.75, 3.05) is 7.11 Å². The van der Waals surface area contributed by atoms with Crippen molar-refractivity contribution in [1.82, 2.24) is 14.9 Å². The van der Waals surface area contributed by atoms with Crippen molar-refractivity contribution < 1.29 is 19.0 Å². The molecule has 0 fully saturated rings. The summed E-state index contributed by atoms with van der Waals surface area (Å²) in [5, 5.41) is 9.92. The van der Waals surface area contributed by atoms with Gasteiger partial charge in [-0.25, -0.2) is 14.2 Å². The number of aromatic amines is 1. The molecular formula is C21H24FN3O3. The fraction of sp³-hybridized carbons (Fsp3) is 0.333. The molecule has 0 saturated carbocycles. The van der Waals surface area contributed by atoms with Gasteiger partial charge in [-0.2, -0.15) is 0 Å². The summed E-state index contributed by atoms with van der Waals surface area (Å²) in [5.74, 6) is 0.822. The largest absolute Gasteiger partial charge is 0.497 e. The molecule has 0 spiro atoms. The Bertz CT molecular complexity index is 977. The number of methoxy groups -OCH3 is 1. The molecule has 6 nitrogen and oxygen atoms in total. The summed E-state index contributed by atoms with van der Waals surface area (Å²) in [7, 11) is 1.59. The summed E-state index contributed by atoms with van der Waals surface area (Å²) < 4.78 is 18.8. The van der Waals surface area contributed by atoms with Crippen molar-refractivity contribution in [3.8, 4) is 5.75 Å². The van der Waals surface area contributed by atoms with Gasteiger partial charge in [0.2, 0.25) is 0 Å². The monoisotopic (exact) mass is 385 g/mol. The van der Waals surface area contributed by atoms with Gasteiger partial charge < -0.3 is 14.8 Å². The first-order valence-electron chi connectivity index (χ1n) is 8.99. The van der Waals surface area contributed by atoms with Crippen LogP contribution < -0.4 is 4.74 Å². The highest BCUT2D eigenvalue weighted by Gasteiger charge is 2.36. The maximum absolute atomic E-state index is 13.6. The summed E-state index contributed by atoms with van der Waals surface area (Å²) in [6, 6.07) is 11.2. The molecule has 0 aliphatic heterocycles. The molecule has 2 N–H and O–H groups in total. The lowest BCUT2D eigenvalue weighted by Gasteiger charge is -2.38. The molecule has 28 heavy (non-hydrogen) atoms. The summed E-state index contributed by atoms with van der Waals surface area (Å²) in [4.78, 5) is 21.2. The average molecular weight is 385 g/mol. The Kier molecular flexibility index (Phi) is 5.27. The fourth-order valence-corrected chi connectivity index (χ4v) is 3.34. The number of nitrogens with zero attached hydrogens (tertiary/aromatic N) is 2. The van der Waals surface area contributed by atoms with Crippen molar-refractivity contribution in [3.05, 3.63) is 59.7 Å². The zero-order valence-corrected chi connectivity index (χ0v) is 16.4. The number of amides is 1. The molecule has 0 radical (unpaired) electrons. The first kappa shape index (κ1) is 19.7. The molecule has 3 rings (SSSR count). The number of fused-ring (bicyclic) bond motifs is 1. The summed E-state index contributed by atoms with van der Waals surface area (Å²) in [6.45, 7) is 5.51. The van der Waals surface area contributed by atoms with Gasteiger partial charge in [0.05, 0.1) is 24.2 Å². The van der Waals surface area contributed by atoms with Crippen LogP contribution >= 0.6 is 0 Å². The second-order valence-electron chi connectivity index (χ2n) is 7.67. The van der Waals surface area contributed by atoms with E-state index in [0.717, 1.165) is 11.3 Å². The molecule has 1 amide bonds. The van der Waals surface area contributed by atoms with Gasteiger partial charge in [0.25, 0.3) is 0 Å². The molecule has 1 heterocycles. The highest BCUT2D eigenvalue weighted by atomic mass is 19.1. The zero-order chi connectivity index (χ0) is 20.5. The summed E-state index contributed by atoms with van der Waals surface area (Å²) in [5.41, 5.74) is 1.41. The standard InChI is InChI=1S/C21H24FN3O3/c1-21(2,3)25(20(26)27)18(11-13-5-8-15(28-4)9-6-13)19-23-16-10-7-14(22)12-17(16)24-19/h5-10,12,18H,11H2,1-4H3,(H,23,24)(H,26,27)/t18-/m1/s1. The minimum atomic E-state index is -1.04. The fourth-order valence-electron chi connectivity index (χ4n) is 3.34. The Morgan fingerprint density at radius 3 is 2.50 bits per heavy atom. The van der Waals surface area contributed by atoms with Gasteiger partial charge in [-0.3, -0.25) is 4.90 Å². The van der Waals surface area contributed by atoms with Crippen molar-refractivity contribution in [2.24, 2.45) is 0 Å².